The molecule has 6 atom stereocenters. The van der Waals surface area contributed by atoms with Gasteiger partial charge in [0, 0.05) is 6.07 Å². The highest BCUT2D eigenvalue weighted by Gasteiger charge is 2.48. The summed E-state index contributed by atoms with van der Waals surface area (Å²) in [5.41, 5.74) is 10.3. The van der Waals surface area contributed by atoms with Gasteiger partial charge in [-0.05, 0) is 30.7 Å². The van der Waals surface area contributed by atoms with Crippen LogP contribution in [-0.2, 0) is 23.4 Å². The summed E-state index contributed by atoms with van der Waals surface area (Å²) >= 11 is 0. The van der Waals surface area contributed by atoms with E-state index in [-0.39, 0.29) is 5.56 Å². The van der Waals surface area contributed by atoms with Crippen molar-refractivity contribution in [3.05, 3.63) is 30.1 Å². The Morgan fingerprint density at radius 3 is 1.85 bits per heavy atom. The number of carbonyl (C=O) groups excluding carboxylic acids is 1. The maximum absolute atomic E-state index is 10.8. The van der Waals surface area contributed by atoms with Crippen molar-refractivity contribution in [2.24, 2.45) is 23.3 Å². The number of aromatic carboxylic acids is 1. The van der Waals surface area contributed by atoms with E-state index >= 15 is 0 Å². The number of carbonyl (C=O) groups is 3. The number of ether oxygens (including phenoxy) is 1. The van der Waals surface area contributed by atoms with Crippen LogP contribution in [0.2, 0.25) is 0 Å². The molecule has 0 saturated carbocycles. The number of phosphoric acid groups is 1. The summed E-state index contributed by atoms with van der Waals surface area (Å²) in [6, 6.07) is 1.28. The van der Waals surface area contributed by atoms with Crippen molar-refractivity contribution in [2.45, 2.75) is 77.2 Å². The van der Waals surface area contributed by atoms with Crippen LogP contribution in [0.25, 0.3) is 0 Å². The lowest BCUT2D eigenvalue weighted by molar-refractivity contribution is -0.765. The monoisotopic (exact) mass is 597 g/mol. The van der Waals surface area contributed by atoms with Crippen LogP contribution < -0.4 is 21.1 Å². The molecule has 10 N–H and O–H groups in total. The number of aromatic nitrogens is 1. The number of aliphatic hydroxyl groups is 2. The van der Waals surface area contributed by atoms with E-state index in [2.05, 4.69) is 4.52 Å². The number of nitrogens with two attached hydrogens (primary N) is 2. The van der Waals surface area contributed by atoms with E-state index in [4.69, 9.17) is 36.2 Å². The van der Waals surface area contributed by atoms with Gasteiger partial charge in [-0.1, -0.05) is 27.7 Å². The Morgan fingerprint density at radius 2 is 1.50 bits per heavy atom. The molecule has 0 unspecified atom stereocenters. The highest BCUT2D eigenvalue weighted by Crippen LogP contribution is 2.37. The first-order valence-electron chi connectivity index (χ1n) is 12.2. The third-order valence-corrected chi connectivity index (χ3v) is 5.67. The topological polar surface area (TPSA) is 287 Å². The number of aliphatic hydroxyl groups excluding tert-OH is 2. The van der Waals surface area contributed by atoms with Crippen molar-refractivity contribution in [3.8, 4) is 0 Å². The van der Waals surface area contributed by atoms with Crippen molar-refractivity contribution in [1.29, 1.82) is 0 Å². The van der Waals surface area contributed by atoms with E-state index in [0.717, 1.165) is 6.20 Å². The van der Waals surface area contributed by atoms with Gasteiger partial charge in [-0.15, -0.1) is 0 Å². The number of phosphoric ester groups is 1. The van der Waals surface area contributed by atoms with Crippen LogP contribution in [0.3, 0.4) is 0 Å². The highest BCUT2D eigenvalue weighted by atomic mass is 31.2. The molecule has 1 aromatic heterocycles. The molecule has 230 valence electrons. The van der Waals surface area contributed by atoms with E-state index < -0.39 is 69.0 Å². The second-order valence-corrected chi connectivity index (χ2v) is 11.0. The van der Waals surface area contributed by atoms with Crippen LogP contribution in [0.15, 0.2) is 24.5 Å². The fourth-order valence-corrected chi connectivity index (χ4v) is 3.61. The van der Waals surface area contributed by atoms with Crippen molar-refractivity contribution in [3.63, 3.8) is 0 Å². The Labute approximate surface area is 231 Å². The molecule has 1 aliphatic heterocycles. The molecule has 0 aliphatic carbocycles. The second-order valence-electron chi connectivity index (χ2n) is 9.81. The molecule has 0 amide bonds. The average molecular weight is 598 g/mol. The predicted molar refractivity (Wildman–Crippen MR) is 135 cm³/mol. The lowest BCUT2D eigenvalue weighted by Gasteiger charge is -2.13. The summed E-state index contributed by atoms with van der Waals surface area (Å²) < 4.78 is 21.4. The predicted octanol–water partition coefficient (Wildman–Crippen LogP) is -2.05. The molecule has 17 heteroatoms. The highest BCUT2D eigenvalue weighted by molar-refractivity contribution is 7.46. The number of hydrogen-bond acceptors (Lipinski definition) is 11. The molecule has 1 saturated heterocycles. The summed E-state index contributed by atoms with van der Waals surface area (Å²) in [4.78, 5) is 48.3. The summed E-state index contributed by atoms with van der Waals surface area (Å²) in [5, 5.41) is 47.2. The van der Waals surface area contributed by atoms with E-state index in [1.807, 2.05) is 27.7 Å². The number of carboxylic acid groups (broad SMARTS) is 3. The lowest BCUT2D eigenvalue weighted by Crippen LogP contribution is -2.46. The first-order chi connectivity index (χ1) is 18.3. The molecule has 0 aromatic carbocycles. The minimum absolute atomic E-state index is 0.164. The molecule has 1 aromatic rings. The van der Waals surface area contributed by atoms with Crippen LogP contribution in [0.1, 0.15) is 57.1 Å². The Morgan fingerprint density at radius 1 is 1.02 bits per heavy atom. The van der Waals surface area contributed by atoms with Gasteiger partial charge in [-0.2, -0.15) is 4.57 Å². The quantitative estimate of drug-likeness (QED) is 0.101. The largest absolute Gasteiger partial charge is 0.545 e. The Bertz CT molecular complexity index is 978. The first-order valence-corrected chi connectivity index (χ1v) is 13.7. The van der Waals surface area contributed by atoms with Crippen molar-refractivity contribution >= 4 is 25.7 Å². The molecule has 1 aliphatic rings. The smallest absolute Gasteiger partial charge is 0.469 e. The third kappa shape index (κ3) is 14.7. The fraction of sp³-hybridized carbons (Fsp3) is 0.652. The van der Waals surface area contributed by atoms with E-state index in [1.54, 1.807) is 0 Å². The summed E-state index contributed by atoms with van der Waals surface area (Å²) in [6.07, 6.45) is -1.58. The van der Waals surface area contributed by atoms with Gasteiger partial charge in [0.1, 0.15) is 24.3 Å². The molecule has 40 heavy (non-hydrogen) atoms. The van der Waals surface area contributed by atoms with Gasteiger partial charge >= 0.3 is 19.8 Å². The molecule has 2 rings (SSSR count). The minimum atomic E-state index is -4.74. The van der Waals surface area contributed by atoms with Gasteiger partial charge in [0.25, 0.3) is 6.23 Å². The van der Waals surface area contributed by atoms with Crippen molar-refractivity contribution < 1.29 is 68.1 Å². The zero-order chi connectivity index (χ0) is 31.4. The van der Waals surface area contributed by atoms with Crippen LogP contribution >= 0.6 is 7.82 Å². The van der Waals surface area contributed by atoms with E-state index in [1.165, 1.54) is 22.9 Å². The van der Waals surface area contributed by atoms with Gasteiger partial charge < -0.3 is 56.3 Å². The maximum atomic E-state index is 10.8. The number of carboxylic acids is 3. The molecule has 0 bridgehead atoms. The molecule has 0 radical (unpaired) electrons. The average Bonchev–Trinajstić information content (AvgIpc) is 3.11. The summed E-state index contributed by atoms with van der Waals surface area (Å²) in [6.45, 7) is 7.15. The van der Waals surface area contributed by atoms with Crippen LogP contribution in [0.5, 0.6) is 0 Å². The molecule has 16 nitrogen and oxygen atoms in total. The number of pyridine rings is 1. The zero-order valence-electron chi connectivity index (χ0n) is 22.6. The SMILES string of the molecule is CC(C)C[C@H](N)C(=O)O.CC(C)C[C@H](N)C(=O)O.O=C([O-])c1ccc[n+]([C@@H]2O[C@H](COP(=O)(O)O)[C@@H](O)[C@H]2O)c1. The van der Waals surface area contributed by atoms with Gasteiger partial charge in [0.05, 0.1) is 18.1 Å². The Hall–Kier alpha value is -2.53. The summed E-state index contributed by atoms with van der Waals surface area (Å²) in [5.74, 6) is -2.54. The number of hydrogen-bond donors (Lipinski definition) is 8. The summed E-state index contributed by atoms with van der Waals surface area (Å²) in [7, 11) is -4.74. The van der Waals surface area contributed by atoms with E-state index in [9.17, 15) is 34.3 Å². The molecular formula is C23H40N3O13P. The normalized spacial score (nSPS) is 22.0. The first kappa shape index (κ1) is 37.5. The van der Waals surface area contributed by atoms with Gasteiger partial charge in [-0.3, -0.25) is 14.1 Å². The third-order valence-electron chi connectivity index (χ3n) is 5.18. The number of rotatable bonds is 11. The number of nitrogens with zero attached hydrogens (tertiary/aromatic N) is 1. The fourth-order valence-electron chi connectivity index (χ4n) is 3.27. The second kappa shape index (κ2) is 17.3. The maximum Gasteiger partial charge on any atom is 0.469 e. The Kier molecular flexibility index (Phi) is 16.2. The van der Waals surface area contributed by atoms with Crippen LogP contribution in [0, 0.1) is 11.8 Å². The van der Waals surface area contributed by atoms with Gasteiger partial charge in [0.2, 0.25) is 0 Å². The van der Waals surface area contributed by atoms with Crippen LogP contribution in [0.4, 0.5) is 0 Å². The number of aliphatic carboxylic acids is 2. The van der Waals surface area contributed by atoms with Crippen molar-refractivity contribution in [2.75, 3.05) is 6.61 Å². The Balaban J connectivity index is 0.000000700. The minimum Gasteiger partial charge on any atom is -0.545 e. The zero-order valence-corrected chi connectivity index (χ0v) is 23.5. The molecular weight excluding hydrogens is 557 g/mol. The molecule has 2 heterocycles. The van der Waals surface area contributed by atoms with Gasteiger partial charge in [-0.25, -0.2) is 4.57 Å². The standard InChI is InChI=1S/C11H14NO9P.2C6H13NO2/c13-8-7(5-20-22(17,18)19)21-10(9(8)14)12-3-1-2-6(4-12)11(15)16;2*1-4(2)3-5(7)6(8)9/h1-4,7-10,13-14H,5H2,(H2-,15,16,17,18,19);2*4-5H,3,7H2,1-2H3,(H,8,9)/t7-,8-,9-,10-;2*5-/m100/s1. The molecule has 0 spiro atoms. The van der Waals surface area contributed by atoms with E-state index in [0.29, 0.717) is 24.7 Å². The molecule has 1 fully saturated rings. The van der Waals surface area contributed by atoms with Crippen LogP contribution in [-0.4, -0.2) is 85.1 Å². The van der Waals surface area contributed by atoms with Crippen molar-refractivity contribution in [1.82, 2.24) is 0 Å². The van der Waals surface area contributed by atoms with Gasteiger partial charge in [0.15, 0.2) is 18.5 Å². The lowest BCUT2D eigenvalue weighted by atomic mass is 10.1.